The zero-order chi connectivity index (χ0) is 16.2. The van der Waals surface area contributed by atoms with Gasteiger partial charge in [0.05, 0.1) is 12.8 Å². The topological polar surface area (TPSA) is 68.5 Å². The van der Waals surface area contributed by atoms with Gasteiger partial charge in [-0.15, -0.1) is 0 Å². The Kier molecular flexibility index (Phi) is 4.23. The lowest BCUT2D eigenvalue weighted by atomic mass is 10.2. The van der Waals surface area contributed by atoms with Gasteiger partial charge in [0.25, 0.3) is 5.91 Å². The van der Waals surface area contributed by atoms with Crippen LogP contribution in [0.1, 0.15) is 30.0 Å². The van der Waals surface area contributed by atoms with Crippen LogP contribution in [0.15, 0.2) is 42.6 Å². The van der Waals surface area contributed by atoms with Gasteiger partial charge in [-0.1, -0.05) is 6.92 Å². The first-order chi connectivity index (χ1) is 11.2. The van der Waals surface area contributed by atoms with Gasteiger partial charge in [-0.2, -0.15) is 5.10 Å². The van der Waals surface area contributed by atoms with Crippen molar-refractivity contribution in [1.29, 1.82) is 0 Å². The molecule has 0 atom stereocenters. The highest BCUT2D eigenvalue weighted by Gasteiger charge is 2.12. The molecule has 2 aromatic heterocycles. The van der Waals surface area contributed by atoms with E-state index in [1.54, 1.807) is 35.0 Å². The molecule has 6 nitrogen and oxygen atoms in total. The van der Waals surface area contributed by atoms with Crippen LogP contribution in [-0.2, 0) is 6.42 Å². The molecule has 118 valence electrons. The van der Waals surface area contributed by atoms with E-state index in [1.165, 1.54) is 0 Å². The summed E-state index contributed by atoms with van der Waals surface area (Å²) in [6, 6.07) is 10.8. The summed E-state index contributed by atoms with van der Waals surface area (Å²) in [7, 11) is 0. The molecule has 23 heavy (non-hydrogen) atoms. The number of carbonyl (C=O) groups excluding carboxylic acids is 1. The highest BCUT2D eigenvalue weighted by molar-refractivity contribution is 6.03. The van der Waals surface area contributed by atoms with Crippen molar-refractivity contribution in [2.45, 2.75) is 20.3 Å². The van der Waals surface area contributed by atoms with E-state index < -0.39 is 0 Å². The third kappa shape index (κ3) is 3.15. The molecule has 0 fully saturated rings. The van der Waals surface area contributed by atoms with Crippen molar-refractivity contribution in [3.05, 3.63) is 54.0 Å². The van der Waals surface area contributed by atoms with Gasteiger partial charge in [0.15, 0.2) is 5.65 Å². The van der Waals surface area contributed by atoms with E-state index in [2.05, 4.69) is 15.4 Å². The monoisotopic (exact) mass is 310 g/mol. The van der Waals surface area contributed by atoms with E-state index in [1.807, 2.05) is 26.0 Å². The Labute approximate surface area is 134 Å². The van der Waals surface area contributed by atoms with Crippen molar-refractivity contribution in [1.82, 2.24) is 14.6 Å². The largest absolute Gasteiger partial charge is 0.494 e. The highest BCUT2D eigenvalue weighted by Crippen LogP contribution is 2.17. The minimum Gasteiger partial charge on any atom is -0.494 e. The van der Waals surface area contributed by atoms with Crippen LogP contribution in [0.4, 0.5) is 5.69 Å². The van der Waals surface area contributed by atoms with Gasteiger partial charge in [-0.05, 0) is 43.7 Å². The number of anilines is 1. The molecule has 0 aliphatic carbocycles. The molecule has 6 heteroatoms. The van der Waals surface area contributed by atoms with E-state index in [-0.39, 0.29) is 5.91 Å². The van der Waals surface area contributed by atoms with Crippen LogP contribution in [-0.4, -0.2) is 27.1 Å². The van der Waals surface area contributed by atoms with Crippen molar-refractivity contribution in [3.8, 4) is 5.75 Å². The fourth-order valence-corrected chi connectivity index (χ4v) is 2.34. The van der Waals surface area contributed by atoms with Crippen LogP contribution in [0.3, 0.4) is 0 Å². The Morgan fingerprint density at radius 1 is 1.22 bits per heavy atom. The Morgan fingerprint density at radius 2 is 2.00 bits per heavy atom. The molecule has 0 saturated heterocycles. The zero-order valence-electron chi connectivity index (χ0n) is 13.1. The number of benzene rings is 1. The van der Waals surface area contributed by atoms with E-state index >= 15 is 0 Å². The summed E-state index contributed by atoms with van der Waals surface area (Å²) >= 11 is 0. The number of nitrogens with zero attached hydrogens (tertiary/aromatic N) is 3. The van der Waals surface area contributed by atoms with Crippen LogP contribution in [0.25, 0.3) is 5.65 Å². The number of aryl methyl sites for hydroxylation is 1. The quantitative estimate of drug-likeness (QED) is 0.786. The molecular weight excluding hydrogens is 292 g/mol. The fourth-order valence-electron chi connectivity index (χ4n) is 2.34. The summed E-state index contributed by atoms with van der Waals surface area (Å²) in [6.07, 6.45) is 2.44. The van der Waals surface area contributed by atoms with Crippen LogP contribution in [0.2, 0.25) is 0 Å². The molecule has 0 aliphatic heterocycles. The van der Waals surface area contributed by atoms with Crippen LogP contribution < -0.4 is 10.1 Å². The number of rotatable bonds is 5. The Balaban J connectivity index is 1.82. The predicted octanol–water partition coefficient (Wildman–Crippen LogP) is 2.94. The molecule has 3 rings (SSSR count). The molecule has 0 bridgehead atoms. The minimum atomic E-state index is -0.243. The number of hydrogen-bond acceptors (Lipinski definition) is 4. The second-order valence-corrected chi connectivity index (χ2v) is 5.00. The molecule has 3 aromatic rings. The van der Waals surface area contributed by atoms with Crippen molar-refractivity contribution < 1.29 is 9.53 Å². The first-order valence-corrected chi connectivity index (χ1v) is 7.59. The fraction of sp³-hybridized carbons (Fsp3) is 0.235. The standard InChI is InChI=1S/C17H18N4O2/c1-3-13-11-15(20-16-9-10-18-21(13)16)17(22)19-12-5-7-14(8-6-12)23-4-2/h5-11H,3-4H2,1-2H3,(H,19,22). The predicted molar refractivity (Wildman–Crippen MR) is 87.9 cm³/mol. The van der Waals surface area contributed by atoms with E-state index in [0.717, 1.165) is 17.9 Å². The van der Waals surface area contributed by atoms with Gasteiger partial charge in [0.2, 0.25) is 0 Å². The summed E-state index contributed by atoms with van der Waals surface area (Å²) in [4.78, 5) is 16.8. The van der Waals surface area contributed by atoms with Crippen molar-refractivity contribution in [3.63, 3.8) is 0 Å². The molecule has 1 amide bonds. The third-order valence-corrected chi connectivity index (χ3v) is 3.45. The molecule has 2 heterocycles. The maximum absolute atomic E-state index is 12.4. The van der Waals surface area contributed by atoms with Gasteiger partial charge in [-0.3, -0.25) is 4.79 Å². The lowest BCUT2D eigenvalue weighted by molar-refractivity contribution is 0.102. The van der Waals surface area contributed by atoms with Gasteiger partial charge < -0.3 is 10.1 Å². The van der Waals surface area contributed by atoms with E-state index in [0.29, 0.717) is 23.6 Å². The van der Waals surface area contributed by atoms with Crippen LogP contribution >= 0.6 is 0 Å². The second-order valence-electron chi connectivity index (χ2n) is 5.00. The number of carbonyl (C=O) groups is 1. The Morgan fingerprint density at radius 3 is 2.70 bits per heavy atom. The number of aromatic nitrogens is 3. The van der Waals surface area contributed by atoms with Crippen molar-refractivity contribution in [2.75, 3.05) is 11.9 Å². The molecule has 0 aliphatic rings. The lowest BCUT2D eigenvalue weighted by Crippen LogP contribution is -2.15. The minimum absolute atomic E-state index is 0.243. The SMILES string of the molecule is CCOc1ccc(NC(=O)c2cc(CC)n3nccc3n2)cc1. The maximum atomic E-state index is 12.4. The highest BCUT2D eigenvalue weighted by atomic mass is 16.5. The summed E-state index contributed by atoms with van der Waals surface area (Å²) in [5, 5.41) is 7.06. The molecule has 0 saturated carbocycles. The molecule has 0 radical (unpaired) electrons. The number of amides is 1. The average Bonchev–Trinajstić information content (AvgIpc) is 3.04. The number of hydrogen-bond donors (Lipinski definition) is 1. The second kappa shape index (κ2) is 6.48. The van der Waals surface area contributed by atoms with Gasteiger partial charge in [0, 0.05) is 17.4 Å². The molecular formula is C17H18N4O2. The van der Waals surface area contributed by atoms with Crippen molar-refractivity contribution >= 4 is 17.2 Å². The van der Waals surface area contributed by atoms with Crippen molar-refractivity contribution in [2.24, 2.45) is 0 Å². The molecule has 0 unspecified atom stereocenters. The summed E-state index contributed by atoms with van der Waals surface area (Å²) < 4.78 is 7.13. The normalized spacial score (nSPS) is 10.7. The van der Waals surface area contributed by atoms with E-state index in [4.69, 9.17) is 4.74 Å². The number of ether oxygens (including phenoxy) is 1. The zero-order valence-corrected chi connectivity index (χ0v) is 13.1. The van der Waals surface area contributed by atoms with Gasteiger partial charge in [-0.25, -0.2) is 9.50 Å². The summed E-state index contributed by atoms with van der Waals surface area (Å²) in [5.74, 6) is 0.533. The Bertz CT molecular complexity index is 824. The first kappa shape index (κ1) is 15.0. The van der Waals surface area contributed by atoms with E-state index in [9.17, 15) is 4.79 Å². The number of fused-ring (bicyclic) bond motifs is 1. The number of nitrogens with one attached hydrogen (secondary N) is 1. The first-order valence-electron chi connectivity index (χ1n) is 7.59. The lowest BCUT2D eigenvalue weighted by Gasteiger charge is -2.08. The molecule has 1 N–H and O–H groups in total. The average molecular weight is 310 g/mol. The third-order valence-electron chi connectivity index (χ3n) is 3.45. The molecule has 0 spiro atoms. The molecule has 1 aromatic carbocycles. The summed E-state index contributed by atoms with van der Waals surface area (Å²) in [5.41, 5.74) is 2.69. The summed E-state index contributed by atoms with van der Waals surface area (Å²) in [6.45, 7) is 4.56. The van der Waals surface area contributed by atoms with Gasteiger partial charge in [0.1, 0.15) is 11.4 Å². The van der Waals surface area contributed by atoms with Gasteiger partial charge >= 0.3 is 0 Å². The van der Waals surface area contributed by atoms with Crippen LogP contribution in [0, 0.1) is 0 Å². The Hall–Kier alpha value is -2.89. The smallest absolute Gasteiger partial charge is 0.274 e. The maximum Gasteiger partial charge on any atom is 0.274 e. The van der Waals surface area contributed by atoms with Crippen LogP contribution in [0.5, 0.6) is 5.75 Å².